The van der Waals surface area contributed by atoms with Gasteiger partial charge in [0.2, 0.25) is 0 Å². The standard InChI is InChI=1S/C17H12O3S3.C11H11NO6/c1-19-14-5-3-2-4-13(14)17(18)20-12-8-6-11(7-9-12)15-10-16(21)23-22-15;13-6-2-5-11(14)18-10-4-1-3-9(7-10)8-17-12(15)16/h2-10H,1H3;1,3-4,6-7H,2,5,8H2. The Hall–Kier alpha value is -4.46. The van der Waals surface area contributed by atoms with Crippen molar-refractivity contribution in [2.45, 2.75) is 19.4 Å². The third-order valence-corrected chi connectivity index (χ3v) is 7.98. The maximum absolute atomic E-state index is 12.2. The third-order valence-electron chi connectivity index (χ3n) is 5.07. The highest BCUT2D eigenvalue weighted by molar-refractivity contribution is 7.80. The van der Waals surface area contributed by atoms with E-state index in [1.54, 1.807) is 69.2 Å². The molecule has 0 saturated carbocycles. The van der Waals surface area contributed by atoms with Crippen molar-refractivity contribution in [2.75, 3.05) is 7.11 Å². The first-order chi connectivity index (χ1) is 19.8. The maximum atomic E-state index is 12.2. The lowest BCUT2D eigenvalue weighted by atomic mass is 10.2. The Labute approximate surface area is 247 Å². The molecule has 41 heavy (non-hydrogen) atoms. The number of methoxy groups -OCH3 is 1. The molecule has 0 fully saturated rings. The van der Waals surface area contributed by atoms with Crippen LogP contribution in [0.2, 0.25) is 0 Å². The zero-order valence-electron chi connectivity index (χ0n) is 21.6. The van der Waals surface area contributed by atoms with Gasteiger partial charge in [0, 0.05) is 11.3 Å². The van der Waals surface area contributed by atoms with Crippen LogP contribution < -0.4 is 14.2 Å². The van der Waals surface area contributed by atoms with Gasteiger partial charge in [-0.15, -0.1) is 10.1 Å². The topological polar surface area (TPSA) is 131 Å². The van der Waals surface area contributed by atoms with Gasteiger partial charge in [0.25, 0.3) is 5.09 Å². The van der Waals surface area contributed by atoms with Crippen LogP contribution in [-0.4, -0.2) is 30.4 Å². The zero-order valence-corrected chi connectivity index (χ0v) is 24.0. The molecule has 10 nitrogen and oxygen atoms in total. The minimum atomic E-state index is -0.900. The molecule has 0 spiro atoms. The summed E-state index contributed by atoms with van der Waals surface area (Å²) < 4.78 is 16.4. The number of carbonyl (C=O) groups excluding carboxylic acids is 3. The molecule has 0 bridgehead atoms. The lowest BCUT2D eigenvalue weighted by Gasteiger charge is -2.08. The fraction of sp³-hybridized carbons (Fsp3) is 0.143. The van der Waals surface area contributed by atoms with E-state index in [4.69, 9.17) is 26.4 Å². The van der Waals surface area contributed by atoms with E-state index in [2.05, 4.69) is 4.84 Å². The van der Waals surface area contributed by atoms with Crippen LogP contribution in [0.4, 0.5) is 0 Å². The molecule has 0 atom stereocenters. The first kappa shape index (κ1) is 31.1. The molecular formula is C28H23NO9S3. The predicted molar refractivity (Wildman–Crippen MR) is 156 cm³/mol. The molecule has 4 rings (SSSR count). The first-order valence-electron chi connectivity index (χ1n) is 11.9. The molecule has 0 amide bonds. The molecule has 3 aromatic carbocycles. The largest absolute Gasteiger partial charge is 0.496 e. The molecular weight excluding hydrogens is 591 g/mol. The molecule has 13 heteroatoms. The maximum Gasteiger partial charge on any atom is 0.347 e. The molecule has 212 valence electrons. The second kappa shape index (κ2) is 16.0. The Morgan fingerprint density at radius 1 is 0.951 bits per heavy atom. The van der Waals surface area contributed by atoms with Gasteiger partial charge >= 0.3 is 11.9 Å². The van der Waals surface area contributed by atoms with Crippen molar-refractivity contribution >= 4 is 51.1 Å². The predicted octanol–water partition coefficient (Wildman–Crippen LogP) is 6.71. The van der Waals surface area contributed by atoms with Crippen molar-refractivity contribution in [2.24, 2.45) is 0 Å². The average Bonchev–Trinajstić information content (AvgIpc) is 3.42. The highest BCUT2D eigenvalue weighted by atomic mass is 32.9. The lowest BCUT2D eigenvalue weighted by molar-refractivity contribution is -0.763. The highest BCUT2D eigenvalue weighted by Gasteiger charge is 2.14. The number of hydrogen-bond donors (Lipinski definition) is 0. The van der Waals surface area contributed by atoms with Crippen LogP contribution in [0.3, 0.4) is 0 Å². The van der Waals surface area contributed by atoms with Crippen molar-refractivity contribution in [3.63, 3.8) is 0 Å². The molecule has 0 saturated heterocycles. The summed E-state index contributed by atoms with van der Waals surface area (Å²) in [5, 5.41) is 9.12. The van der Waals surface area contributed by atoms with Crippen molar-refractivity contribution in [3.8, 4) is 27.7 Å². The van der Waals surface area contributed by atoms with Crippen LogP contribution in [0.1, 0.15) is 28.8 Å². The molecule has 0 radical (unpaired) electrons. The molecule has 0 aliphatic rings. The van der Waals surface area contributed by atoms with Crippen molar-refractivity contribution in [1.29, 1.82) is 0 Å². The fourth-order valence-corrected chi connectivity index (χ4v) is 5.62. The number of benzene rings is 3. The number of hydrogen-bond acceptors (Lipinski definition) is 12. The van der Waals surface area contributed by atoms with Crippen LogP contribution in [0.15, 0.2) is 78.9 Å². The smallest absolute Gasteiger partial charge is 0.347 e. The second-order valence-corrected chi connectivity index (χ2v) is 10.8. The summed E-state index contributed by atoms with van der Waals surface area (Å²) in [6, 6.07) is 22.5. The Balaban J connectivity index is 0.000000233. The summed E-state index contributed by atoms with van der Waals surface area (Å²) in [6.45, 7) is -0.216. The summed E-state index contributed by atoms with van der Waals surface area (Å²) in [5.74, 6) is 0.266. The van der Waals surface area contributed by atoms with E-state index < -0.39 is 17.0 Å². The Morgan fingerprint density at radius 2 is 1.71 bits per heavy atom. The molecule has 0 unspecified atom stereocenters. The van der Waals surface area contributed by atoms with Crippen LogP contribution in [-0.2, 0) is 21.0 Å². The minimum absolute atomic E-state index is 0.000868. The van der Waals surface area contributed by atoms with Gasteiger partial charge in [-0.1, -0.05) is 57.2 Å². The Bertz CT molecular complexity index is 1550. The monoisotopic (exact) mass is 613 g/mol. The van der Waals surface area contributed by atoms with E-state index >= 15 is 0 Å². The van der Waals surface area contributed by atoms with E-state index in [9.17, 15) is 24.5 Å². The number of aldehydes is 1. The molecule has 0 aliphatic carbocycles. The summed E-state index contributed by atoms with van der Waals surface area (Å²) in [5.41, 5.74) is 1.96. The van der Waals surface area contributed by atoms with Gasteiger partial charge in [0.1, 0.15) is 39.5 Å². The SMILES string of the molecule is COc1ccccc1C(=O)Oc1ccc(-c2cc(=S)ss2)cc1.O=CCCC(=O)Oc1cccc(CO[N+](=O)[O-])c1. The average molecular weight is 614 g/mol. The quantitative estimate of drug-likeness (QED) is 0.0342. The van der Waals surface area contributed by atoms with E-state index in [-0.39, 0.29) is 25.2 Å². The van der Waals surface area contributed by atoms with Crippen LogP contribution in [0, 0.1) is 13.9 Å². The number of esters is 2. The first-order valence-corrected chi connectivity index (χ1v) is 14.4. The van der Waals surface area contributed by atoms with Crippen molar-refractivity contribution < 1.29 is 38.5 Å². The third kappa shape index (κ3) is 10.2. The summed E-state index contributed by atoms with van der Waals surface area (Å²) in [4.78, 5) is 48.9. The number of ether oxygens (including phenoxy) is 3. The van der Waals surface area contributed by atoms with Gasteiger partial charge < -0.3 is 23.8 Å². The summed E-state index contributed by atoms with van der Waals surface area (Å²) >= 11 is 5.14. The van der Waals surface area contributed by atoms with Gasteiger partial charge in [0.15, 0.2) is 0 Å². The van der Waals surface area contributed by atoms with E-state index in [0.29, 0.717) is 28.9 Å². The number of carbonyl (C=O) groups is 3. The van der Waals surface area contributed by atoms with Gasteiger partial charge in [-0.25, -0.2) is 4.79 Å². The fourth-order valence-electron chi connectivity index (χ4n) is 3.22. The van der Waals surface area contributed by atoms with E-state index in [1.165, 1.54) is 19.2 Å². The molecule has 4 aromatic rings. The molecule has 0 aliphatic heterocycles. The van der Waals surface area contributed by atoms with Crippen LogP contribution >= 0.6 is 32.9 Å². The highest BCUT2D eigenvalue weighted by Crippen LogP contribution is 2.30. The number of rotatable bonds is 11. The van der Waals surface area contributed by atoms with Crippen molar-refractivity contribution in [1.82, 2.24) is 0 Å². The second-order valence-electron chi connectivity index (χ2n) is 7.93. The lowest BCUT2D eigenvalue weighted by Crippen LogP contribution is -2.09. The molecule has 1 aromatic heterocycles. The summed E-state index contributed by atoms with van der Waals surface area (Å²) in [6.07, 6.45) is 0.727. The molecule has 0 N–H and O–H groups in total. The van der Waals surface area contributed by atoms with Crippen molar-refractivity contribution in [3.05, 3.63) is 104 Å². The van der Waals surface area contributed by atoms with Crippen LogP contribution in [0.25, 0.3) is 10.4 Å². The summed E-state index contributed by atoms with van der Waals surface area (Å²) in [7, 11) is 4.73. The van der Waals surface area contributed by atoms with Gasteiger partial charge in [-0.3, -0.25) is 4.79 Å². The zero-order chi connectivity index (χ0) is 29.6. The number of nitrogens with zero attached hydrogens (tertiary/aromatic N) is 1. The van der Waals surface area contributed by atoms with Gasteiger partial charge in [0.05, 0.1) is 13.5 Å². The molecule has 1 heterocycles. The van der Waals surface area contributed by atoms with Gasteiger partial charge in [-0.05, 0) is 65.7 Å². The van der Waals surface area contributed by atoms with Gasteiger partial charge in [-0.2, -0.15) is 0 Å². The minimum Gasteiger partial charge on any atom is -0.496 e. The van der Waals surface area contributed by atoms with E-state index in [0.717, 1.165) is 14.3 Å². The van der Waals surface area contributed by atoms with E-state index in [1.807, 2.05) is 18.2 Å². The van der Waals surface area contributed by atoms with Crippen LogP contribution in [0.5, 0.6) is 17.2 Å². The number of para-hydroxylation sites is 1. The normalized spacial score (nSPS) is 9.98. The Morgan fingerprint density at radius 3 is 2.37 bits per heavy atom. The Kier molecular flexibility index (Phi) is 12.1.